The largest absolute Gasteiger partial charge is 0.448 e. The Kier molecular flexibility index (Phi) is 5.72. The van der Waals surface area contributed by atoms with E-state index in [1.165, 1.54) is 26.5 Å². The minimum atomic E-state index is -0.157. The van der Waals surface area contributed by atoms with E-state index >= 15 is 0 Å². The molecule has 5 nitrogen and oxygen atoms in total. The molecule has 6 heteroatoms. The van der Waals surface area contributed by atoms with Gasteiger partial charge in [0.05, 0.1) is 6.54 Å². The highest BCUT2D eigenvalue weighted by Gasteiger charge is 2.30. The molecular weight excluding hydrogens is 394 g/mol. The van der Waals surface area contributed by atoms with Crippen molar-refractivity contribution < 1.29 is 9.53 Å². The van der Waals surface area contributed by atoms with Crippen LogP contribution in [0.3, 0.4) is 0 Å². The van der Waals surface area contributed by atoms with Gasteiger partial charge >= 0.3 is 6.09 Å². The molecule has 0 spiro atoms. The molecule has 5 rings (SSSR count). The van der Waals surface area contributed by atoms with Crippen LogP contribution in [-0.2, 0) is 11.2 Å². The van der Waals surface area contributed by atoms with Gasteiger partial charge in [-0.2, -0.15) is 0 Å². The molecule has 3 aliphatic rings. The van der Waals surface area contributed by atoms with E-state index in [9.17, 15) is 4.79 Å². The molecule has 3 heterocycles. The Morgan fingerprint density at radius 3 is 2.63 bits per heavy atom. The van der Waals surface area contributed by atoms with Crippen molar-refractivity contribution in [2.75, 3.05) is 52.4 Å². The number of piperazine rings is 1. The van der Waals surface area contributed by atoms with Gasteiger partial charge in [-0.05, 0) is 36.6 Å². The minimum absolute atomic E-state index is 0.157. The van der Waals surface area contributed by atoms with Crippen LogP contribution in [0.4, 0.5) is 4.79 Å². The summed E-state index contributed by atoms with van der Waals surface area (Å²) in [6.45, 7) is 9.39. The predicted molar refractivity (Wildman–Crippen MR) is 119 cm³/mol. The number of carbonyl (C=O) groups is 1. The molecular formula is C24H29N3O2S. The van der Waals surface area contributed by atoms with Crippen molar-refractivity contribution in [3.63, 3.8) is 0 Å². The zero-order chi connectivity index (χ0) is 20.5. The van der Waals surface area contributed by atoms with Gasteiger partial charge in [0, 0.05) is 55.1 Å². The van der Waals surface area contributed by atoms with Crippen LogP contribution in [0.5, 0.6) is 0 Å². The van der Waals surface area contributed by atoms with Crippen molar-refractivity contribution in [2.45, 2.75) is 29.2 Å². The average Bonchev–Trinajstić information content (AvgIpc) is 3.10. The van der Waals surface area contributed by atoms with Crippen LogP contribution in [-0.4, -0.2) is 73.2 Å². The number of nitrogens with zero attached hydrogens (tertiary/aromatic N) is 3. The summed E-state index contributed by atoms with van der Waals surface area (Å²) in [7, 11) is 0. The number of amides is 1. The lowest BCUT2D eigenvalue weighted by Gasteiger charge is -2.40. The smallest absolute Gasteiger partial charge is 0.409 e. The van der Waals surface area contributed by atoms with Crippen molar-refractivity contribution in [1.29, 1.82) is 0 Å². The number of ether oxygens (including phenoxy) is 1. The normalized spacial score (nSPS) is 22.4. The Labute approximate surface area is 183 Å². The molecule has 158 valence electrons. The Hall–Kier alpha value is -2.02. The number of aryl methyl sites for hydroxylation is 1. The molecule has 0 saturated carbocycles. The molecule has 1 amide bonds. The van der Waals surface area contributed by atoms with Crippen molar-refractivity contribution in [3.05, 3.63) is 59.2 Å². The number of rotatable bonds is 4. The number of carbonyl (C=O) groups excluding carboxylic acids is 1. The van der Waals surface area contributed by atoms with Gasteiger partial charge in [0.1, 0.15) is 6.61 Å². The summed E-state index contributed by atoms with van der Waals surface area (Å²) in [5.74, 6) is 0. The second-order valence-electron chi connectivity index (χ2n) is 8.45. The highest BCUT2D eigenvalue weighted by molar-refractivity contribution is 7.99. The van der Waals surface area contributed by atoms with E-state index in [4.69, 9.17) is 4.74 Å². The van der Waals surface area contributed by atoms with Gasteiger partial charge in [-0.15, -0.1) is 0 Å². The quantitative estimate of drug-likeness (QED) is 0.747. The maximum Gasteiger partial charge on any atom is 0.409 e. The number of benzene rings is 2. The van der Waals surface area contributed by atoms with E-state index in [0.29, 0.717) is 12.6 Å². The maximum absolute atomic E-state index is 11.7. The molecule has 0 N–H and O–H groups in total. The van der Waals surface area contributed by atoms with Crippen molar-refractivity contribution in [3.8, 4) is 0 Å². The Bertz CT molecular complexity index is 926. The fourth-order valence-corrected chi connectivity index (χ4v) is 5.88. The summed E-state index contributed by atoms with van der Waals surface area (Å²) in [4.78, 5) is 21.4. The third-order valence-electron chi connectivity index (χ3n) is 6.51. The van der Waals surface area contributed by atoms with Crippen LogP contribution in [0.1, 0.15) is 22.7 Å². The zero-order valence-electron chi connectivity index (χ0n) is 17.5. The van der Waals surface area contributed by atoms with Gasteiger partial charge < -0.3 is 9.64 Å². The fourth-order valence-electron chi connectivity index (χ4n) is 4.77. The summed E-state index contributed by atoms with van der Waals surface area (Å²) in [6.07, 6.45) is 0.913. The first kappa shape index (κ1) is 19.9. The topological polar surface area (TPSA) is 36.0 Å². The molecule has 0 aliphatic carbocycles. The van der Waals surface area contributed by atoms with E-state index in [-0.39, 0.29) is 6.09 Å². The number of hydrogen-bond acceptors (Lipinski definition) is 5. The van der Waals surface area contributed by atoms with Gasteiger partial charge in [-0.3, -0.25) is 9.80 Å². The number of fused-ring (bicyclic) bond motifs is 2. The van der Waals surface area contributed by atoms with E-state index in [2.05, 4.69) is 59.2 Å². The predicted octanol–water partition coefficient (Wildman–Crippen LogP) is 3.81. The van der Waals surface area contributed by atoms with Gasteiger partial charge in [-0.25, -0.2) is 4.79 Å². The molecule has 0 bridgehead atoms. The maximum atomic E-state index is 11.7. The monoisotopic (exact) mass is 423 g/mol. The Morgan fingerprint density at radius 1 is 1.00 bits per heavy atom. The first-order valence-electron chi connectivity index (χ1n) is 10.9. The van der Waals surface area contributed by atoms with Crippen LogP contribution in [0.2, 0.25) is 0 Å². The van der Waals surface area contributed by atoms with Crippen molar-refractivity contribution >= 4 is 17.9 Å². The van der Waals surface area contributed by atoms with E-state index in [1.54, 1.807) is 0 Å². The molecule has 2 saturated heterocycles. The van der Waals surface area contributed by atoms with Crippen LogP contribution < -0.4 is 0 Å². The molecule has 2 fully saturated rings. The summed E-state index contributed by atoms with van der Waals surface area (Å²) in [5.41, 5.74) is 4.27. The molecule has 2 aromatic carbocycles. The molecule has 0 aromatic heterocycles. The van der Waals surface area contributed by atoms with Crippen LogP contribution in [0, 0.1) is 6.92 Å². The van der Waals surface area contributed by atoms with Crippen LogP contribution in [0.15, 0.2) is 52.3 Å². The molecule has 30 heavy (non-hydrogen) atoms. The minimum Gasteiger partial charge on any atom is -0.448 e. The van der Waals surface area contributed by atoms with E-state index in [0.717, 1.165) is 52.2 Å². The first-order chi connectivity index (χ1) is 14.7. The molecule has 2 aromatic rings. The SMILES string of the molecule is Cc1ccc2c(c1)CC(N1CCN(CCN3CCOC3=O)CC1)c1ccccc1S2. The van der Waals surface area contributed by atoms with Crippen molar-refractivity contribution in [1.82, 2.24) is 14.7 Å². The summed E-state index contributed by atoms with van der Waals surface area (Å²) < 4.78 is 5.04. The lowest BCUT2D eigenvalue weighted by Crippen LogP contribution is -2.49. The van der Waals surface area contributed by atoms with Gasteiger partial charge in [0.25, 0.3) is 0 Å². The molecule has 1 unspecified atom stereocenters. The highest BCUT2D eigenvalue weighted by Crippen LogP contribution is 2.43. The fraction of sp³-hybridized carbons (Fsp3) is 0.458. The lowest BCUT2D eigenvalue weighted by molar-refractivity contribution is 0.0889. The van der Waals surface area contributed by atoms with Gasteiger partial charge in [0.2, 0.25) is 0 Å². The van der Waals surface area contributed by atoms with Gasteiger partial charge in [-0.1, -0.05) is 47.7 Å². The van der Waals surface area contributed by atoms with Crippen LogP contribution >= 0.6 is 11.8 Å². The Morgan fingerprint density at radius 2 is 1.83 bits per heavy atom. The van der Waals surface area contributed by atoms with Crippen molar-refractivity contribution in [2.24, 2.45) is 0 Å². The number of cyclic esters (lactones) is 1. The van der Waals surface area contributed by atoms with E-state index < -0.39 is 0 Å². The first-order valence-corrected chi connectivity index (χ1v) is 11.7. The zero-order valence-corrected chi connectivity index (χ0v) is 18.4. The third kappa shape index (κ3) is 4.09. The summed E-state index contributed by atoms with van der Waals surface area (Å²) in [6, 6.07) is 16.2. The van der Waals surface area contributed by atoms with E-state index in [1.807, 2.05) is 16.7 Å². The van der Waals surface area contributed by atoms with Crippen LogP contribution in [0.25, 0.3) is 0 Å². The lowest BCUT2D eigenvalue weighted by atomic mass is 9.96. The molecule has 3 aliphatic heterocycles. The summed E-state index contributed by atoms with van der Waals surface area (Å²) in [5, 5.41) is 0. The van der Waals surface area contributed by atoms with Gasteiger partial charge in [0.15, 0.2) is 0 Å². The second kappa shape index (κ2) is 8.61. The third-order valence-corrected chi connectivity index (χ3v) is 7.72. The standard InChI is InChI=1S/C24H29N3O2S/c1-18-6-7-22-19(16-18)17-21(20-4-2-3-5-23(20)30-22)26-11-8-25(9-12-26)10-13-27-14-15-29-24(27)28/h2-7,16,21H,8-15,17H2,1H3. The molecule has 1 atom stereocenters. The highest BCUT2D eigenvalue weighted by atomic mass is 32.2. The second-order valence-corrected chi connectivity index (χ2v) is 9.53. The average molecular weight is 424 g/mol. The molecule has 0 radical (unpaired) electrons. The summed E-state index contributed by atoms with van der Waals surface area (Å²) >= 11 is 1.92. The Balaban J connectivity index is 1.28. The number of hydrogen-bond donors (Lipinski definition) is 0.